The Morgan fingerprint density at radius 2 is 1.94 bits per heavy atom. The zero-order valence-electron chi connectivity index (χ0n) is 18.8. The van der Waals surface area contributed by atoms with Crippen LogP contribution in [0.5, 0.6) is 0 Å². The number of hydrogen-bond donors (Lipinski definition) is 2. The number of aliphatic hydroxyl groups is 1. The second-order valence-electron chi connectivity index (χ2n) is 8.87. The summed E-state index contributed by atoms with van der Waals surface area (Å²) in [5, 5.41) is 17.8. The molecule has 5 rings (SSSR count). The van der Waals surface area contributed by atoms with Gasteiger partial charge in [-0.05, 0) is 43.9 Å². The van der Waals surface area contributed by atoms with Crippen molar-refractivity contribution in [2.45, 2.75) is 38.8 Å². The maximum absolute atomic E-state index is 13.3. The summed E-state index contributed by atoms with van der Waals surface area (Å²) in [6.07, 6.45) is 6.66. The Morgan fingerprint density at radius 3 is 2.70 bits per heavy atom. The van der Waals surface area contributed by atoms with E-state index in [1.807, 2.05) is 37.3 Å². The van der Waals surface area contributed by atoms with Crippen molar-refractivity contribution in [3.63, 3.8) is 0 Å². The first kappa shape index (κ1) is 22.2. The monoisotopic (exact) mass is 466 g/mol. The lowest BCUT2D eigenvalue weighted by Gasteiger charge is -2.40. The molecule has 5 heterocycles. The fourth-order valence-corrected chi connectivity index (χ4v) is 4.84. The summed E-state index contributed by atoms with van der Waals surface area (Å²) in [6, 6.07) is 3.33. The molecule has 0 aromatic carbocycles. The van der Waals surface area contributed by atoms with E-state index in [2.05, 4.69) is 31.4 Å². The largest absolute Gasteiger partial charge is 0.393 e. The fourth-order valence-electron chi connectivity index (χ4n) is 4.64. The molecule has 0 aliphatic carbocycles. The second kappa shape index (κ2) is 8.95. The molecule has 1 atom stereocenters. The van der Waals surface area contributed by atoms with Crippen LogP contribution in [0, 0.1) is 13.8 Å². The summed E-state index contributed by atoms with van der Waals surface area (Å²) in [5.41, 5.74) is 5.64. The molecule has 9 heteroatoms. The van der Waals surface area contributed by atoms with E-state index in [0.717, 1.165) is 53.9 Å². The second-order valence-corrected chi connectivity index (χ2v) is 9.28. The molecule has 2 N–H and O–H groups in total. The minimum atomic E-state index is -0.584. The number of Topliss-reactive ketones (excluding diaryl/α,β-unsaturated/α-hetero) is 1. The van der Waals surface area contributed by atoms with Gasteiger partial charge in [0.2, 0.25) is 5.78 Å². The zero-order valence-corrected chi connectivity index (χ0v) is 19.5. The van der Waals surface area contributed by atoms with Gasteiger partial charge in [0, 0.05) is 49.4 Å². The summed E-state index contributed by atoms with van der Waals surface area (Å²) in [4.78, 5) is 27.0. The third kappa shape index (κ3) is 4.31. The van der Waals surface area contributed by atoms with Gasteiger partial charge in [-0.3, -0.25) is 30.1 Å². The maximum Gasteiger partial charge on any atom is 0.204 e. The summed E-state index contributed by atoms with van der Waals surface area (Å²) in [5.74, 6) is -0.0874. The highest BCUT2D eigenvalue weighted by molar-refractivity contribution is 6.48. The van der Waals surface area contributed by atoms with Crippen molar-refractivity contribution in [3.8, 4) is 11.3 Å². The highest BCUT2D eigenvalue weighted by Crippen LogP contribution is 2.32. The normalized spacial score (nSPS) is 22.1. The van der Waals surface area contributed by atoms with Crippen molar-refractivity contribution in [1.29, 1.82) is 0 Å². The first-order chi connectivity index (χ1) is 15.9. The van der Waals surface area contributed by atoms with Crippen LogP contribution < -0.4 is 5.32 Å². The molecule has 0 spiro atoms. The third-order valence-electron chi connectivity index (χ3n) is 6.42. The van der Waals surface area contributed by atoms with Gasteiger partial charge in [0.1, 0.15) is 18.4 Å². The molecule has 0 saturated carbocycles. The van der Waals surface area contributed by atoms with Crippen molar-refractivity contribution in [1.82, 2.24) is 25.3 Å². The SMILES string of the molecule is Cc1cnc(-c2cc(C3NCC4=CN(N5CCC(O)CC5)CN=C4C3=O)ncc2Cl)c(C)c1. The Labute approximate surface area is 198 Å². The number of halogens is 1. The number of aromatic nitrogens is 2. The van der Waals surface area contributed by atoms with Gasteiger partial charge in [0.05, 0.1) is 22.5 Å². The Bertz CT molecular complexity index is 1160. The van der Waals surface area contributed by atoms with Crippen LogP contribution in [0.25, 0.3) is 11.3 Å². The number of fused-ring (bicyclic) bond motifs is 1. The van der Waals surface area contributed by atoms with E-state index in [9.17, 15) is 9.90 Å². The van der Waals surface area contributed by atoms with Crippen LogP contribution in [-0.4, -0.2) is 69.0 Å². The molecule has 2 aromatic heterocycles. The number of aryl methyl sites for hydroxylation is 2. The molecule has 2 saturated heterocycles. The number of carbonyl (C=O) groups excluding carboxylic acids is 1. The van der Waals surface area contributed by atoms with Crippen molar-refractivity contribution < 1.29 is 9.90 Å². The maximum atomic E-state index is 13.3. The van der Waals surface area contributed by atoms with E-state index in [4.69, 9.17) is 11.6 Å². The van der Waals surface area contributed by atoms with Crippen molar-refractivity contribution >= 4 is 23.1 Å². The van der Waals surface area contributed by atoms with Gasteiger partial charge in [-0.2, -0.15) is 0 Å². The number of hydrazine groups is 1. The number of piperidine rings is 2. The average Bonchev–Trinajstić information content (AvgIpc) is 2.80. The average molecular weight is 467 g/mol. The molecule has 2 aromatic rings. The van der Waals surface area contributed by atoms with Crippen LogP contribution in [0.15, 0.2) is 41.3 Å². The fraction of sp³-hybridized carbons (Fsp3) is 0.417. The van der Waals surface area contributed by atoms with Gasteiger partial charge in [-0.1, -0.05) is 17.7 Å². The lowest BCUT2D eigenvalue weighted by atomic mass is 9.92. The van der Waals surface area contributed by atoms with Crippen LogP contribution in [0.1, 0.15) is 35.7 Å². The van der Waals surface area contributed by atoms with Gasteiger partial charge < -0.3 is 5.11 Å². The molecule has 0 bridgehead atoms. The van der Waals surface area contributed by atoms with Crippen LogP contribution in [0.3, 0.4) is 0 Å². The highest BCUT2D eigenvalue weighted by Gasteiger charge is 2.36. The lowest BCUT2D eigenvalue weighted by molar-refractivity contribution is -0.115. The highest BCUT2D eigenvalue weighted by atomic mass is 35.5. The zero-order chi connectivity index (χ0) is 23.1. The number of hydrogen-bond acceptors (Lipinski definition) is 8. The number of aliphatic hydroxyl groups excluding tert-OH is 1. The molecule has 1 unspecified atom stereocenters. The Hall–Kier alpha value is -2.65. The standard InChI is InChI=1S/C24H27ClN6O2/c1-14-7-15(2)21(27-9-14)18-8-20(26-11-19(18)25)23-24(33)22-16(10-28-23)12-31(13-29-22)30-5-3-17(32)4-6-30/h7-9,11-12,17,23,28,32H,3-6,10,13H2,1-2H3. The first-order valence-corrected chi connectivity index (χ1v) is 11.6. The van der Waals surface area contributed by atoms with Crippen molar-refractivity contribution in [2.75, 3.05) is 26.3 Å². The molecule has 0 radical (unpaired) electrons. The van der Waals surface area contributed by atoms with Gasteiger partial charge >= 0.3 is 0 Å². The molecule has 172 valence electrons. The van der Waals surface area contributed by atoms with Gasteiger partial charge in [0.25, 0.3) is 0 Å². The molecule has 3 aliphatic rings. The summed E-state index contributed by atoms with van der Waals surface area (Å²) in [7, 11) is 0. The van der Waals surface area contributed by atoms with E-state index < -0.39 is 6.04 Å². The third-order valence-corrected chi connectivity index (χ3v) is 6.72. The Morgan fingerprint density at radius 1 is 1.15 bits per heavy atom. The van der Waals surface area contributed by atoms with Crippen molar-refractivity contribution in [3.05, 3.63) is 58.1 Å². The Kier molecular flexibility index (Phi) is 6.01. The van der Waals surface area contributed by atoms with Crippen molar-refractivity contribution in [2.24, 2.45) is 4.99 Å². The van der Waals surface area contributed by atoms with Crippen LogP contribution in [-0.2, 0) is 4.79 Å². The molecule has 8 nitrogen and oxygen atoms in total. The number of rotatable bonds is 3. The van der Waals surface area contributed by atoms with Gasteiger partial charge in [0.15, 0.2) is 0 Å². The van der Waals surface area contributed by atoms with Crippen LogP contribution in [0.2, 0.25) is 5.02 Å². The molecule has 3 aliphatic heterocycles. The number of pyridine rings is 2. The quantitative estimate of drug-likeness (QED) is 0.718. The minimum absolute atomic E-state index is 0.0874. The number of aliphatic imine (C=N–C) groups is 1. The predicted molar refractivity (Wildman–Crippen MR) is 127 cm³/mol. The summed E-state index contributed by atoms with van der Waals surface area (Å²) < 4.78 is 0. The summed E-state index contributed by atoms with van der Waals surface area (Å²) in [6.45, 7) is 6.48. The minimum Gasteiger partial charge on any atom is -0.393 e. The van der Waals surface area contributed by atoms with Crippen LogP contribution in [0.4, 0.5) is 0 Å². The van der Waals surface area contributed by atoms with Gasteiger partial charge in [-0.25, -0.2) is 5.01 Å². The molecular formula is C24H27ClN6O2. The van der Waals surface area contributed by atoms with E-state index in [1.54, 1.807) is 6.20 Å². The number of carbonyl (C=O) groups is 1. The lowest BCUT2D eigenvalue weighted by Crippen LogP contribution is -2.50. The number of nitrogens with zero attached hydrogens (tertiary/aromatic N) is 5. The van der Waals surface area contributed by atoms with Gasteiger partial charge in [-0.15, -0.1) is 0 Å². The smallest absolute Gasteiger partial charge is 0.204 e. The summed E-state index contributed by atoms with van der Waals surface area (Å²) >= 11 is 6.46. The molecule has 0 amide bonds. The van der Waals surface area contributed by atoms with E-state index in [0.29, 0.717) is 29.6 Å². The molecule has 2 fully saturated rings. The predicted octanol–water partition coefficient (Wildman–Crippen LogP) is 2.60. The topological polar surface area (TPSA) is 94.0 Å². The van der Waals surface area contributed by atoms with E-state index in [-0.39, 0.29) is 11.9 Å². The first-order valence-electron chi connectivity index (χ1n) is 11.2. The van der Waals surface area contributed by atoms with Crippen LogP contribution >= 0.6 is 11.6 Å². The van der Waals surface area contributed by atoms with E-state index in [1.165, 1.54) is 0 Å². The van der Waals surface area contributed by atoms with E-state index >= 15 is 0 Å². The number of nitrogens with one attached hydrogen (secondary N) is 1. The molecular weight excluding hydrogens is 440 g/mol. The Balaban J connectivity index is 1.38. The number of ketones is 1. The molecule has 33 heavy (non-hydrogen) atoms.